The lowest BCUT2D eigenvalue weighted by Crippen LogP contribution is -2.58. The number of fused-ring (bicyclic) bond motifs is 1. The summed E-state index contributed by atoms with van der Waals surface area (Å²) in [4.78, 5) is 15.1. The van der Waals surface area contributed by atoms with Gasteiger partial charge < -0.3 is 15.0 Å². The first-order valence-electron chi connectivity index (χ1n) is 8.46. The van der Waals surface area contributed by atoms with Crippen molar-refractivity contribution in [2.75, 3.05) is 25.6 Å². The lowest BCUT2D eigenvalue weighted by atomic mass is 9.88. The topological polar surface area (TPSA) is 41.6 Å². The third-order valence-electron chi connectivity index (χ3n) is 4.59. The van der Waals surface area contributed by atoms with Crippen molar-refractivity contribution in [3.05, 3.63) is 65.7 Å². The molecule has 0 saturated carbocycles. The predicted molar refractivity (Wildman–Crippen MR) is 96.0 cm³/mol. The molecule has 4 nitrogen and oxygen atoms in total. The number of para-hydroxylation sites is 1. The summed E-state index contributed by atoms with van der Waals surface area (Å²) in [5.41, 5.74) is 2.18. The molecule has 0 aromatic heterocycles. The van der Waals surface area contributed by atoms with Crippen molar-refractivity contribution < 1.29 is 9.53 Å². The van der Waals surface area contributed by atoms with Crippen LogP contribution in [0.2, 0.25) is 0 Å². The zero-order chi connectivity index (χ0) is 17.0. The molecule has 4 heteroatoms. The van der Waals surface area contributed by atoms with Gasteiger partial charge >= 0.3 is 0 Å². The third kappa shape index (κ3) is 2.78. The first-order valence-corrected chi connectivity index (χ1v) is 8.46. The quantitative estimate of drug-likeness (QED) is 0.877. The lowest BCUT2D eigenvalue weighted by Gasteiger charge is -2.49. The van der Waals surface area contributed by atoms with Crippen molar-refractivity contribution in [2.45, 2.75) is 25.4 Å². The van der Waals surface area contributed by atoms with Gasteiger partial charge in [0.25, 0.3) is 5.91 Å². The fourth-order valence-corrected chi connectivity index (χ4v) is 3.51. The maximum Gasteiger partial charge on any atom is 0.258 e. The number of benzene rings is 2. The fraction of sp³-hybridized carbons (Fsp3) is 0.350. The zero-order valence-electron chi connectivity index (χ0n) is 14.3. The van der Waals surface area contributed by atoms with E-state index in [2.05, 4.69) is 24.4 Å². The maximum absolute atomic E-state index is 13.2. The average molecular weight is 324 g/mol. The molecule has 1 amide bonds. The molecule has 1 atom stereocenters. The van der Waals surface area contributed by atoms with E-state index in [4.69, 9.17) is 4.74 Å². The van der Waals surface area contributed by atoms with E-state index in [-0.39, 0.29) is 5.91 Å². The Labute approximate surface area is 143 Å². The Hall–Kier alpha value is -2.33. The Bertz CT molecular complexity index is 702. The molecule has 0 aliphatic carbocycles. The molecule has 3 rings (SSSR count). The Kier molecular flexibility index (Phi) is 4.86. The van der Waals surface area contributed by atoms with Gasteiger partial charge in [-0.25, -0.2) is 0 Å². The Morgan fingerprint density at radius 2 is 1.79 bits per heavy atom. The number of anilines is 1. The van der Waals surface area contributed by atoms with Crippen LogP contribution in [0, 0.1) is 0 Å². The van der Waals surface area contributed by atoms with Crippen LogP contribution >= 0.6 is 0 Å². The SMILES string of the molecule is CCCC1(c2ccccc2)Nc2ccccc2C(=O)N1CCOC. The fourth-order valence-electron chi connectivity index (χ4n) is 3.51. The van der Waals surface area contributed by atoms with Gasteiger partial charge in [0.1, 0.15) is 5.66 Å². The number of carbonyl (C=O) groups is 1. The highest BCUT2D eigenvalue weighted by atomic mass is 16.5. The molecule has 126 valence electrons. The van der Waals surface area contributed by atoms with Gasteiger partial charge in [-0.3, -0.25) is 4.79 Å². The summed E-state index contributed by atoms with van der Waals surface area (Å²) < 4.78 is 5.27. The average Bonchev–Trinajstić information content (AvgIpc) is 2.62. The van der Waals surface area contributed by atoms with Crippen LogP contribution in [0.5, 0.6) is 0 Å². The maximum atomic E-state index is 13.2. The molecule has 0 bridgehead atoms. The Morgan fingerprint density at radius 1 is 1.08 bits per heavy atom. The first-order chi connectivity index (χ1) is 11.7. The van der Waals surface area contributed by atoms with E-state index >= 15 is 0 Å². The summed E-state index contributed by atoms with van der Waals surface area (Å²) >= 11 is 0. The summed E-state index contributed by atoms with van der Waals surface area (Å²) in [6.07, 6.45) is 1.79. The minimum absolute atomic E-state index is 0.0544. The molecule has 0 spiro atoms. The molecule has 2 aromatic carbocycles. The van der Waals surface area contributed by atoms with Gasteiger partial charge in [0.05, 0.1) is 12.2 Å². The molecule has 24 heavy (non-hydrogen) atoms. The highest BCUT2D eigenvalue weighted by Gasteiger charge is 2.44. The zero-order valence-corrected chi connectivity index (χ0v) is 14.3. The first kappa shape index (κ1) is 16.5. The highest BCUT2D eigenvalue weighted by Crippen LogP contribution is 2.40. The Morgan fingerprint density at radius 3 is 2.50 bits per heavy atom. The molecule has 0 saturated heterocycles. The number of nitrogens with zero attached hydrogens (tertiary/aromatic N) is 1. The number of carbonyl (C=O) groups excluding carboxylic acids is 1. The Balaban J connectivity index is 2.14. The van der Waals surface area contributed by atoms with E-state index in [0.717, 1.165) is 29.7 Å². The van der Waals surface area contributed by atoms with Crippen LogP contribution in [-0.2, 0) is 10.4 Å². The summed E-state index contributed by atoms with van der Waals surface area (Å²) in [6, 6.07) is 17.9. The van der Waals surface area contributed by atoms with Gasteiger partial charge in [-0.1, -0.05) is 55.8 Å². The van der Waals surface area contributed by atoms with Crippen molar-refractivity contribution in [1.82, 2.24) is 4.90 Å². The summed E-state index contributed by atoms with van der Waals surface area (Å²) in [7, 11) is 1.67. The van der Waals surface area contributed by atoms with Crippen LogP contribution in [0.1, 0.15) is 35.7 Å². The van der Waals surface area contributed by atoms with E-state index in [9.17, 15) is 4.79 Å². The number of hydrogen-bond acceptors (Lipinski definition) is 3. The molecule has 0 radical (unpaired) electrons. The summed E-state index contributed by atoms with van der Waals surface area (Å²) in [6.45, 7) is 3.20. The van der Waals surface area contributed by atoms with E-state index in [1.54, 1.807) is 7.11 Å². The molecule has 1 N–H and O–H groups in total. The minimum Gasteiger partial charge on any atom is -0.383 e. The largest absolute Gasteiger partial charge is 0.383 e. The summed E-state index contributed by atoms with van der Waals surface area (Å²) in [5.74, 6) is 0.0544. The molecule has 1 unspecified atom stereocenters. The van der Waals surface area contributed by atoms with Gasteiger partial charge in [0, 0.05) is 19.3 Å². The molecule has 1 aliphatic heterocycles. The van der Waals surface area contributed by atoms with Crippen molar-refractivity contribution in [3.63, 3.8) is 0 Å². The number of rotatable bonds is 6. The second kappa shape index (κ2) is 7.05. The van der Waals surface area contributed by atoms with Crippen LogP contribution < -0.4 is 5.32 Å². The van der Waals surface area contributed by atoms with Gasteiger partial charge in [-0.2, -0.15) is 0 Å². The van der Waals surface area contributed by atoms with E-state index < -0.39 is 5.66 Å². The van der Waals surface area contributed by atoms with Crippen molar-refractivity contribution >= 4 is 11.6 Å². The normalized spacial score (nSPS) is 19.8. The van der Waals surface area contributed by atoms with Crippen LogP contribution in [0.3, 0.4) is 0 Å². The number of nitrogens with one attached hydrogen (secondary N) is 1. The standard InChI is InChI=1S/C20H24N2O2/c1-3-13-20(16-9-5-4-6-10-16)21-18-12-8-7-11-17(18)19(23)22(20)14-15-24-2/h4-12,21H,3,13-15H2,1-2H3. The van der Waals surface area contributed by atoms with Crippen LogP contribution in [0.25, 0.3) is 0 Å². The van der Waals surface area contributed by atoms with Crippen LogP contribution in [0.15, 0.2) is 54.6 Å². The third-order valence-corrected chi connectivity index (χ3v) is 4.59. The predicted octanol–water partition coefficient (Wildman–Crippen LogP) is 3.85. The second-order valence-electron chi connectivity index (χ2n) is 6.10. The van der Waals surface area contributed by atoms with Crippen molar-refractivity contribution in [3.8, 4) is 0 Å². The number of amides is 1. The lowest BCUT2D eigenvalue weighted by molar-refractivity contribution is 0.0366. The van der Waals surface area contributed by atoms with E-state index in [0.29, 0.717) is 13.2 Å². The molecular formula is C20H24N2O2. The van der Waals surface area contributed by atoms with Gasteiger partial charge in [-0.05, 0) is 24.1 Å². The van der Waals surface area contributed by atoms with Crippen molar-refractivity contribution in [2.24, 2.45) is 0 Å². The van der Waals surface area contributed by atoms with Gasteiger partial charge in [0.15, 0.2) is 0 Å². The van der Waals surface area contributed by atoms with Gasteiger partial charge in [-0.15, -0.1) is 0 Å². The van der Waals surface area contributed by atoms with Crippen molar-refractivity contribution in [1.29, 1.82) is 0 Å². The van der Waals surface area contributed by atoms with E-state index in [1.807, 2.05) is 47.4 Å². The van der Waals surface area contributed by atoms with Crippen LogP contribution in [0.4, 0.5) is 5.69 Å². The minimum atomic E-state index is -0.542. The van der Waals surface area contributed by atoms with Gasteiger partial charge in [0.2, 0.25) is 0 Å². The number of hydrogen-bond donors (Lipinski definition) is 1. The molecule has 0 fully saturated rings. The summed E-state index contributed by atoms with van der Waals surface area (Å²) in [5, 5.41) is 3.67. The number of ether oxygens (including phenoxy) is 1. The van der Waals surface area contributed by atoms with E-state index in [1.165, 1.54) is 0 Å². The molecule has 2 aromatic rings. The number of methoxy groups -OCH3 is 1. The molecular weight excluding hydrogens is 300 g/mol. The second-order valence-corrected chi connectivity index (χ2v) is 6.10. The highest BCUT2D eigenvalue weighted by molar-refractivity contribution is 6.02. The molecule has 1 heterocycles. The smallest absolute Gasteiger partial charge is 0.258 e. The monoisotopic (exact) mass is 324 g/mol. The molecule has 1 aliphatic rings. The van der Waals surface area contributed by atoms with Crippen LogP contribution in [-0.4, -0.2) is 31.1 Å².